The van der Waals surface area contributed by atoms with E-state index in [4.69, 9.17) is 12.2 Å². The van der Waals surface area contributed by atoms with Gasteiger partial charge in [0.05, 0.1) is 0 Å². The van der Waals surface area contributed by atoms with Gasteiger partial charge in [0.1, 0.15) is 4.99 Å². The summed E-state index contributed by atoms with van der Waals surface area (Å²) in [5.74, 6) is -0.179. The van der Waals surface area contributed by atoms with Crippen LogP contribution in [0.15, 0.2) is 60.7 Å². The van der Waals surface area contributed by atoms with E-state index in [9.17, 15) is 4.79 Å². The quantitative estimate of drug-likeness (QED) is 0.672. The summed E-state index contributed by atoms with van der Waals surface area (Å²) in [6.07, 6.45) is 0. The summed E-state index contributed by atoms with van der Waals surface area (Å²) in [5, 5.41) is 1.56. The Bertz CT molecular complexity index is 569. The summed E-state index contributed by atoms with van der Waals surface area (Å²) < 4.78 is 0. The van der Waals surface area contributed by atoms with Gasteiger partial charge in [0.25, 0.3) is 5.91 Å². The Morgan fingerprint density at radius 2 is 1.42 bits per heavy atom. The number of benzene rings is 2. The van der Waals surface area contributed by atoms with E-state index in [1.54, 1.807) is 24.2 Å². The van der Waals surface area contributed by atoms with Crippen molar-refractivity contribution in [2.24, 2.45) is 0 Å². The van der Waals surface area contributed by atoms with Crippen molar-refractivity contribution < 1.29 is 4.79 Å². The fraction of sp³-hybridized carbons (Fsp3) is 0.0667. The maximum atomic E-state index is 12.0. The highest BCUT2D eigenvalue weighted by Crippen LogP contribution is 2.04. The van der Waals surface area contributed by atoms with Crippen molar-refractivity contribution in [1.29, 1.82) is 0 Å². The number of hydrazine groups is 1. The lowest BCUT2D eigenvalue weighted by atomic mass is 10.2. The van der Waals surface area contributed by atoms with Crippen molar-refractivity contribution in [3.05, 3.63) is 71.8 Å². The van der Waals surface area contributed by atoms with Crippen molar-refractivity contribution in [1.82, 2.24) is 10.4 Å². The number of nitrogens with zero attached hydrogens (tertiary/aromatic N) is 1. The molecule has 1 N–H and O–H groups in total. The van der Waals surface area contributed by atoms with Crippen LogP contribution in [-0.4, -0.2) is 23.0 Å². The van der Waals surface area contributed by atoms with E-state index in [-0.39, 0.29) is 5.91 Å². The lowest BCUT2D eigenvalue weighted by Gasteiger charge is -2.21. The molecule has 0 fully saturated rings. The number of rotatable bonds is 2. The fourth-order valence-corrected chi connectivity index (χ4v) is 1.81. The molecule has 0 aromatic heterocycles. The minimum Gasteiger partial charge on any atom is -0.277 e. The minimum absolute atomic E-state index is 0.179. The van der Waals surface area contributed by atoms with Crippen LogP contribution >= 0.6 is 12.2 Å². The van der Waals surface area contributed by atoms with Gasteiger partial charge in [-0.05, 0) is 12.1 Å². The molecule has 2 aromatic rings. The van der Waals surface area contributed by atoms with Gasteiger partial charge in [-0.3, -0.25) is 15.2 Å². The number of thiocarbonyl (C=S) groups is 1. The lowest BCUT2D eigenvalue weighted by Crippen LogP contribution is -2.42. The molecular formula is C15H14N2OS. The van der Waals surface area contributed by atoms with Gasteiger partial charge >= 0.3 is 0 Å². The molecule has 0 atom stereocenters. The summed E-state index contributed by atoms with van der Waals surface area (Å²) >= 11 is 5.32. The molecule has 3 nitrogen and oxygen atoms in total. The van der Waals surface area contributed by atoms with Crippen LogP contribution in [-0.2, 0) is 0 Å². The van der Waals surface area contributed by atoms with E-state index in [0.29, 0.717) is 10.6 Å². The number of hydrogen-bond donors (Lipinski definition) is 1. The van der Waals surface area contributed by atoms with Crippen molar-refractivity contribution in [2.45, 2.75) is 0 Å². The normalized spacial score (nSPS) is 9.74. The van der Waals surface area contributed by atoms with E-state index >= 15 is 0 Å². The van der Waals surface area contributed by atoms with Gasteiger partial charge in [-0.15, -0.1) is 0 Å². The zero-order valence-electron chi connectivity index (χ0n) is 10.5. The maximum absolute atomic E-state index is 12.0. The Balaban J connectivity index is 2.04. The Hall–Kier alpha value is -2.20. The first kappa shape index (κ1) is 13.2. The molecule has 2 rings (SSSR count). The molecule has 0 saturated heterocycles. The molecule has 96 valence electrons. The first-order chi connectivity index (χ1) is 9.18. The Morgan fingerprint density at radius 1 is 0.947 bits per heavy atom. The third-order valence-corrected chi connectivity index (χ3v) is 3.14. The van der Waals surface area contributed by atoms with Gasteiger partial charge in [-0.1, -0.05) is 60.7 Å². The second-order valence-electron chi connectivity index (χ2n) is 4.04. The summed E-state index contributed by atoms with van der Waals surface area (Å²) in [5.41, 5.74) is 4.25. The predicted octanol–water partition coefficient (Wildman–Crippen LogP) is 2.64. The lowest BCUT2D eigenvalue weighted by molar-refractivity contribution is 0.0889. The summed E-state index contributed by atoms with van der Waals surface area (Å²) in [6, 6.07) is 18.6. The SMILES string of the molecule is CN(NC(=O)c1ccccc1)C(=S)c1ccccc1. The molecule has 2 aromatic carbocycles. The van der Waals surface area contributed by atoms with Crippen LogP contribution in [0.3, 0.4) is 0 Å². The number of carbonyl (C=O) groups excluding carboxylic acids is 1. The number of carbonyl (C=O) groups is 1. The molecule has 0 spiro atoms. The van der Waals surface area contributed by atoms with Gasteiger partial charge in [0.2, 0.25) is 0 Å². The largest absolute Gasteiger partial charge is 0.277 e. The van der Waals surface area contributed by atoms with Crippen LogP contribution in [0.5, 0.6) is 0 Å². The number of hydrogen-bond acceptors (Lipinski definition) is 2. The average molecular weight is 270 g/mol. The molecule has 0 aliphatic rings. The zero-order chi connectivity index (χ0) is 13.7. The molecule has 0 radical (unpaired) electrons. The third kappa shape index (κ3) is 3.39. The molecule has 19 heavy (non-hydrogen) atoms. The van der Waals surface area contributed by atoms with E-state index in [0.717, 1.165) is 5.56 Å². The van der Waals surface area contributed by atoms with Crippen molar-refractivity contribution >= 4 is 23.1 Å². The topological polar surface area (TPSA) is 32.3 Å². The van der Waals surface area contributed by atoms with Crippen molar-refractivity contribution in [3.8, 4) is 0 Å². The second kappa shape index (κ2) is 6.11. The molecule has 0 aliphatic heterocycles. The van der Waals surface area contributed by atoms with E-state index in [2.05, 4.69) is 5.43 Å². The Labute approximate surface area is 117 Å². The van der Waals surface area contributed by atoms with Crippen LogP contribution in [0.4, 0.5) is 0 Å². The first-order valence-electron chi connectivity index (χ1n) is 5.87. The third-order valence-electron chi connectivity index (χ3n) is 2.63. The Kier molecular flexibility index (Phi) is 4.26. The van der Waals surface area contributed by atoms with E-state index < -0.39 is 0 Å². The van der Waals surface area contributed by atoms with Gasteiger partial charge in [0.15, 0.2) is 0 Å². The molecule has 0 aliphatic carbocycles. The second-order valence-corrected chi connectivity index (χ2v) is 4.42. The average Bonchev–Trinajstić information content (AvgIpc) is 2.48. The molecule has 1 amide bonds. The van der Waals surface area contributed by atoms with E-state index in [1.807, 2.05) is 48.5 Å². The molecule has 0 unspecified atom stereocenters. The highest BCUT2D eigenvalue weighted by molar-refractivity contribution is 7.80. The maximum Gasteiger partial charge on any atom is 0.269 e. The molecule has 0 saturated carbocycles. The molecule has 0 heterocycles. The summed E-state index contributed by atoms with van der Waals surface area (Å²) in [7, 11) is 1.73. The first-order valence-corrected chi connectivity index (χ1v) is 6.28. The minimum atomic E-state index is -0.179. The van der Waals surface area contributed by atoms with Crippen LogP contribution in [0, 0.1) is 0 Å². The van der Waals surface area contributed by atoms with Gasteiger partial charge in [-0.25, -0.2) is 0 Å². The summed E-state index contributed by atoms with van der Waals surface area (Å²) in [6.45, 7) is 0. The number of amides is 1. The highest BCUT2D eigenvalue weighted by atomic mass is 32.1. The van der Waals surface area contributed by atoms with Crippen molar-refractivity contribution in [2.75, 3.05) is 7.05 Å². The highest BCUT2D eigenvalue weighted by Gasteiger charge is 2.11. The summed E-state index contributed by atoms with van der Waals surface area (Å²) in [4.78, 5) is 12.6. The van der Waals surface area contributed by atoms with Crippen LogP contribution in [0.2, 0.25) is 0 Å². The molecule has 4 heteroatoms. The van der Waals surface area contributed by atoms with Gasteiger partial charge in [-0.2, -0.15) is 0 Å². The van der Waals surface area contributed by atoms with Crippen molar-refractivity contribution in [3.63, 3.8) is 0 Å². The van der Waals surface area contributed by atoms with E-state index in [1.165, 1.54) is 0 Å². The fourth-order valence-electron chi connectivity index (χ4n) is 1.63. The molecular weight excluding hydrogens is 256 g/mol. The predicted molar refractivity (Wildman–Crippen MR) is 79.8 cm³/mol. The standard InChI is InChI=1S/C15H14N2OS/c1-17(15(19)13-10-6-3-7-11-13)16-14(18)12-8-4-2-5-9-12/h2-11H,1H3,(H,16,18). The number of nitrogens with one attached hydrogen (secondary N) is 1. The monoisotopic (exact) mass is 270 g/mol. The van der Waals surface area contributed by atoms with Gasteiger partial charge < -0.3 is 0 Å². The molecule has 0 bridgehead atoms. The van der Waals surface area contributed by atoms with Crippen LogP contribution in [0.1, 0.15) is 15.9 Å². The zero-order valence-corrected chi connectivity index (χ0v) is 11.4. The van der Waals surface area contributed by atoms with Gasteiger partial charge in [0, 0.05) is 18.2 Å². The Morgan fingerprint density at radius 3 is 1.95 bits per heavy atom. The van der Waals surface area contributed by atoms with Crippen LogP contribution < -0.4 is 5.43 Å². The smallest absolute Gasteiger partial charge is 0.269 e. The van der Waals surface area contributed by atoms with Crippen LogP contribution in [0.25, 0.3) is 0 Å².